The summed E-state index contributed by atoms with van der Waals surface area (Å²) in [6, 6.07) is 3.54. The molecule has 1 amide bonds. The number of hydrogen-bond acceptors (Lipinski definition) is 8. The fourth-order valence-corrected chi connectivity index (χ4v) is 5.67. The van der Waals surface area contributed by atoms with Gasteiger partial charge in [-0.15, -0.1) is 0 Å². The molecule has 5 rings (SSSR count). The second-order valence-electron chi connectivity index (χ2n) is 11.7. The maximum Gasteiger partial charge on any atom is 0.434 e. The van der Waals surface area contributed by atoms with Crippen LogP contribution in [0.5, 0.6) is 0 Å². The predicted octanol–water partition coefficient (Wildman–Crippen LogP) is 3.64. The van der Waals surface area contributed by atoms with Crippen LogP contribution in [-0.2, 0) is 15.7 Å². The number of rotatable bonds is 3. The molecule has 3 fully saturated rings. The highest BCUT2D eigenvalue weighted by Crippen LogP contribution is 2.40. The number of piperazine rings is 1. The zero-order valence-corrected chi connectivity index (χ0v) is 22.6. The average molecular weight is 549 g/mol. The van der Waals surface area contributed by atoms with E-state index in [0.717, 1.165) is 0 Å². The standard InChI is InChI=1S/C27H35F3N6O3/c1-25(2,3)39-24(37)35-12-10-33(11-13-35)19-17-36(18-19)21-15-22(32-23(20(21)16-31)27(28,29)30)34-8-6-26(7-9-34)5-4-14-38-26/h4-5,15,19H,6-14,17-18H2,1-3H3. The topological polar surface area (TPSA) is 85.2 Å². The van der Waals surface area contributed by atoms with Crippen molar-refractivity contribution in [2.75, 3.05) is 68.8 Å². The molecule has 1 spiro atoms. The molecule has 0 bridgehead atoms. The fourth-order valence-electron chi connectivity index (χ4n) is 5.67. The number of alkyl halides is 3. The Morgan fingerprint density at radius 2 is 1.77 bits per heavy atom. The molecule has 0 aromatic carbocycles. The van der Waals surface area contributed by atoms with E-state index in [0.29, 0.717) is 71.8 Å². The number of aromatic nitrogens is 1. The lowest BCUT2D eigenvalue weighted by atomic mass is 9.91. The largest absolute Gasteiger partial charge is 0.444 e. The van der Waals surface area contributed by atoms with Crippen molar-refractivity contribution in [3.05, 3.63) is 29.5 Å². The van der Waals surface area contributed by atoms with Crippen LogP contribution >= 0.6 is 0 Å². The zero-order chi connectivity index (χ0) is 28.0. The fraction of sp³-hybridized carbons (Fsp3) is 0.667. The van der Waals surface area contributed by atoms with E-state index in [4.69, 9.17) is 9.47 Å². The highest BCUT2D eigenvalue weighted by Gasteiger charge is 2.42. The Balaban J connectivity index is 1.27. The second kappa shape index (κ2) is 10.2. The van der Waals surface area contributed by atoms with Gasteiger partial charge < -0.3 is 24.2 Å². The first kappa shape index (κ1) is 27.5. The Kier molecular flexibility index (Phi) is 7.18. The van der Waals surface area contributed by atoms with Crippen LogP contribution in [0.4, 0.5) is 29.5 Å². The number of anilines is 2. The molecular weight excluding hydrogens is 513 g/mol. The van der Waals surface area contributed by atoms with Crippen LogP contribution in [0.1, 0.15) is 44.9 Å². The number of hydrogen-bond donors (Lipinski definition) is 0. The van der Waals surface area contributed by atoms with Gasteiger partial charge in [0, 0.05) is 64.5 Å². The lowest BCUT2D eigenvalue weighted by Gasteiger charge is -2.49. The second-order valence-corrected chi connectivity index (χ2v) is 11.7. The van der Waals surface area contributed by atoms with Gasteiger partial charge in [-0.3, -0.25) is 4.90 Å². The van der Waals surface area contributed by atoms with Crippen molar-refractivity contribution in [2.45, 2.75) is 57.0 Å². The number of amides is 1. The summed E-state index contributed by atoms with van der Waals surface area (Å²) < 4.78 is 53.4. The molecule has 212 valence electrons. The van der Waals surface area contributed by atoms with Gasteiger partial charge in [0.2, 0.25) is 0 Å². The summed E-state index contributed by atoms with van der Waals surface area (Å²) >= 11 is 0. The van der Waals surface area contributed by atoms with E-state index < -0.39 is 23.0 Å². The van der Waals surface area contributed by atoms with Crippen molar-refractivity contribution in [3.63, 3.8) is 0 Å². The lowest BCUT2D eigenvalue weighted by Crippen LogP contribution is -2.64. The summed E-state index contributed by atoms with van der Waals surface area (Å²) in [6.45, 7) is 10.5. The molecule has 0 N–H and O–H groups in total. The molecule has 1 aromatic rings. The van der Waals surface area contributed by atoms with Gasteiger partial charge in [-0.05, 0) is 33.6 Å². The van der Waals surface area contributed by atoms with Gasteiger partial charge in [0.05, 0.1) is 17.9 Å². The van der Waals surface area contributed by atoms with E-state index in [2.05, 4.69) is 16.0 Å². The molecule has 4 aliphatic rings. The van der Waals surface area contributed by atoms with Crippen LogP contribution in [0, 0.1) is 11.3 Å². The Morgan fingerprint density at radius 1 is 1.10 bits per heavy atom. The number of halogens is 3. The maximum absolute atomic E-state index is 14.0. The van der Waals surface area contributed by atoms with E-state index >= 15 is 0 Å². The van der Waals surface area contributed by atoms with Crippen molar-refractivity contribution in [2.24, 2.45) is 0 Å². The van der Waals surface area contributed by atoms with Gasteiger partial charge >= 0.3 is 12.3 Å². The van der Waals surface area contributed by atoms with E-state index in [-0.39, 0.29) is 29.2 Å². The quantitative estimate of drug-likeness (QED) is 0.530. The number of carbonyl (C=O) groups is 1. The van der Waals surface area contributed by atoms with Crippen LogP contribution in [0.25, 0.3) is 0 Å². The molecule has 9 nitrogen and oxygen atoms in total. The van der Waals surface area contributed by atoms with Crippen molar-refractivity contribution < 1.29 is 27.4 Å². The van der Waals surface area contributed by atoms with Crippen molar-refractivity contribution in [3.8, 4) is 6.07 Å². The van der Waals surface area contributed by atoms with E-state index in [1.165, 1.54) is 0 Å². The first-order chi connectivity index (χ1) is 18.4. The molecule has 0 radical (unpaired) electrons. The minimum atomic E-state index is -4.74. The van der Waals surface area contributed by atoms with Gasteiger partial charge in [0.25, 0.3) is 0 Å². The average Bonchev–Trinajstić information content (AvgIpc) is 3.29. The monoisotopic (exact) mass is 548 g/mol. The number of pyridine rings is 1. The Bertz CT molecular complexity index is 1150. The summed E-state index contributed by atoms with van der Waals surface area (Å²) in [4.78, 5) is 23.9. The highest BCUT2D eigenvalue weighted by atomic mass is 19.4. The van der Waals surface area contributed by atoms with E-state index in [1.54, 1.807) is 17.0 Å². The summed E-state index contributed by atoms with van der Waals surface area (Å²) in [5, 5.41) is 9.73. The molecular formula is C27H35F3N6O3. The zero-order valence-electron chi connectivity index (χ0n) is 22.6. The van der Waals surface area contributed by atoms with Crippen LogP contribution < -0.4 is 9.80 Å². The predicted molar refractivity (Wildman–Crippen MR) is 139 cm³/mol. The van der Waals surface area contributed by atoms with Gasteiger partial charge in [-0.25, -0.2) is 9.78 Å². The molecule has 4 aliphatic heterocycles. The van der Waals surface area contributed by atoms with Crippen molar-refractivity contribution in [1.82, 2.24) is 14.8 Å². The maximum atomic E-state index is 14.0. The van der Waals surface area contributed by atoms with Crippen LogP contribution in [0.2, 0.25) is 0 Å². The smallest absolute Gasteiger partial charge is 0.434 e. The molecule has 0 saturated carbocycles. The highest BCUT2D eigenvalue weighted by molar-refractivity contribution is 5.69. The van der Waals surface area contributed by atoms with E-state index in [9.17, 15) is 23.2 Å². The summed E-state index contributed by atoms with van der Waals surface area (Å²) in [6.07, 6.45) is 0.293. The number of nitriles is 1. The lowest BCUT2D eigenvalue weighted by molar-refractivity contribution is -0.141. The normalized spacial score (nSPS) is 22.2. The molecule has 0 atom stereocenters. The van der Waals surface area contributed by atoms with Gasteiger partial charge in [0.15, 0.2) is 5.69 Å². The molecule has 0 aliphatic carbocycles. The molecule has 12 heteroatoms. The summed E-state index contributed by atoms with van der Waals surface area (Å²) in [5.74, 6) is 0.238. The molecule has 1 aromatic heterocycles. The SMILES string of the molecule is CC(C)(C)OC(=O)N1CCN(C2CN(c3cc(N4CCC5(C=CCO5)CC4)nc(C(F)(F)F)c3C#N)C2)CC1. The van der Waals surface area contributed by atoms with Gasteiger partial charge in [-0.2, -0.15) is 18.4 Å². The van der Waals surface area contributed by atoms with Crippen LogP contribution in [0.15, 0.2) is 18.2 Å². The third-order valence-electron chi connectivity index (χ3n) is 7.87. The first-order valence-electron chi connectivity index (χ1n) is 13.4. The van der Waals surface area contributed by atoms with Crippen LogP contribution in [-0.4, -0.2) is 97.1 Å². The Labute approximate surface area is 226 Å². The number of nitrogens with zero attached hydrogens (tertiary/aromatic N) is 6. The minimum Gasteiger partial charge on any atom is -0.444 e. The molecule has 39 heavy (non-hydrogen) atoms. The Hall–Kier alpha value is -3.04. The molecule has 3 saturated heterocycles. The number of carbonyl (C=O) groups excluding carboxylic acids is 1. The van der Waals surface area contributed by atoms with Gasteiger partial charge in [0.1, 0.15) is 23.1 Å². The third-order valence-corrected chi connectivity index (χ3v) is 7.87. The molecule has 0 unspecified atom stereocenters. The molecule has 5 heterocycles. The number of piperidine rings is 1. The number of ether oxygens (including phenoxy) is 2. The van der Waals surface area contributed by atoms with E-state index in [1.807, 2.05) is 36.6 Å². The first-order valence-corrected chi connectivity index (χ1v) is 13.4. The van der Waals surface area contributed by atoms with Crippen molar-refractivity contribution in [1.29, 1.82) is 5.26 Å². The Morgan fingerprint density at radius 3 is 2.31 bits per heavy atom. The summed E-state index contributed by atoms with van der Waals surface area (Å²) in [5.41, 5.74) is -2.19. The third kappa shape index (κ3) is 5.79. The van der Waals surface area contributed by atoms with Gasteiger partial charge in [-0.1, -0.05) is 12.2 Å². The van der Waals surface area contributed by atoms with Crippen molar-refractivity contribution >= 4 is 17.6 Å². The minimum absolute atomic E-state index is 0.129. The summed E-state index contributed by atoms with van der Waals surface area (Å²) in [7, 11) is 0. The van der Waals surface area contributed by atoms with Crippen LogP contribution in [0.3, 0.4) is 0 Å².